The maximum absolute atomic E-state index is 5.29. The predicted molar refractivity (Wildman–Crippen MR) is 192 cm³/mol. The van der Waals surface area contributed by atoms with E-state index in [9.17, 15) is 0 Å². The van der Waals surface area contributed by atoms with Crippen molar-refractivity contribution in [3.8, 4) is 33.9 Å². The Balaban J connectivity index is 1.24. The van der Waals surface area contributed by atoms with Crippen LogP contribution in [0.25, 0.3) is 92.2 Å². The van der Waals surface area contributed by atoms with Crippen molar-refractivity contribution in [3.05, 3.63) is 146 Å². The summed E-state index contributed by atoms with van der Waals surface area (Å²) < 4.78 is 4.60. The van der Waals surface area contributed by atoms with E-state index in [2.05, 4.69) is 121 Å². The maximum Gasteiger partial charge on any atom is 0.161 e. The summed E-state index contributed by atoms with van der Waals surface area (Å²) in [6.07, 6.45) is 0. The Bertz CT molecular complexity index is 2810. The fourth-order valence-corrected chi connectivity index (χ4v) is 8.13. The zero-order chi connectivity index (χ0) is 30.2. The molecule has 0 fully saturated rings. The van der Waals surface area contributed by atoms with Crippen molar-refractivity contribution < 1.29 is 0 Å². The summed E-state index contributed by atoms with van der Waals surface area (Å²) in [6, 6.07) is 51.1. The maximum atomic E-state index is 5.29. The van der Waals surface area contributed by atoms with Gasteiger partial charge in [-0.3, -0.25) is 0 Å². The second-order valence-corrected chi connectivity index (χ2v) is 12.7. The van der Waals surface area contributed by atoms with Gasteiger partial charge in [0.15, 0.2) is 5.82 Å². The highest BCUT2D eigenvalue weighted by molar-refractivity contribution is 7.26. The summed E-state index contributed by atoms with van der Waals surface area (Å²) in [6.45, 7) is 0. The third-order valence-electron chi connectivity index (χ3n) is 8.99. The summed E-state index contributed by atoms with van der Waals surface area (Å²) >= 11 is 1.86. The van der Waals surface area contributed by atoms with E-state index in [0.29, 0.717) is 0 Å². The smallest absolute Gasteiger partial charge is 0.161 e. The van der Waals surface area contributed by atoms with Crippen molar-refractivity contribution in [1.29, 1.82) is 0 Å². The molecular formula is C41H24N4S. The van der Waals surface area contributed by atoms with Gasteiger partial charge in [-0.25, -0.2) is 14.5 Å². The molecule has 10 aromatic rings. The first-order valence-corrected chi connectivity index (χ1v) is 16.2. The highest BCUT2D eigenvalue weighted by atomic mass is 32.1. The van der Waals surface area contributed by atoms with Crippen LogP contribution in [0.3, 0.4) is 0 Å². The minimum atomic E-state index is 0.801. The number of rotatable bonds is 3. The van der Waals surface area contributed by atoms with E-state index in [1.54, 1.807) is 0 Å². The summed E-state index contributed by atoms with van der Waals surface area (Å²) in [5.74, 6) is 0.801. The molecule has 0 atom stereocenters. The highest BCUT2D eigenvalue weighted by Gasteiger charge is 2.18. The third kappa shape index (κ3) is 3.76. The lowest BCUT2D eigenvalue weighted by molar-refractivity contribution is 0.949. The van der Waals surface area contributed by atoms with Gasteiger partial charge in [0, 0.05) is 58.4 Å². The normalized spacial score (nSPS) is 11.9. The first-order chi connectivity index (χ1) is 22.8. The van der Waals surface area contributed by atoms with Gasteiger partial charge in [0.1, 0.15) is 0 Å². The fourth-order valence-electron chi connectivity index (χ4n) is 6.86. The van der Waals surface area contributed by atoms with Crippen LogP contribution in [-0.2, 0) is 0 Å². The molecule has 4 aromatic heterocycles. The molecule has 214 valence electrons. The van der Waals surface area contributed by atoms with Crippen molar-refractivity contribution in [2.45, 2.75) is 0 Å². The van der Waals surface area contributed by atoms with Crippen LogP contribution in [0.4, 0.5) is 0 Å². The average Bonchev–Trinajstić information content (AvgIpc) is 3.74. The lowest BCUT2D eigenvalue weighted by Crippen LogP contribution is -1.99. The molecule has 0 aliphatic rings. The Morgan fingerprint density at radius 2 is 1.15 bits per heavy atom. The van der Waals surface area contributed by atoms with Crippen LogP contribution in [-0.4, -0.2) is 19.6 Å². The number of hydrogen-bond donors (Lipinski definition) is 0. The van der Waals surface area contributed by atoms with E-state index in [1.807, 2.05) is 40.1 Å². The van der Waals surface area contributed by atoms with Crippen LogP contribution in [0.2, 0.25) is 0 Å². The van der Waals surface area contributed by atoms with Crippen LogP contribution in [0.5, 0.6) is 0 Å². The topological polar surface area (TPSA) is 43.1 Å². The van der Waals surface area contributed by atoms with Crippen molar-refractivity contribution in [2.24, 2.45) is 0 Å². The Kier molecular flexibility index (Phi) is 5.41. The van der Waals surface area contributed by atoms with E-state index in [1.165, 1.54) is 30.9 Å². The van der Waals surface area contributed by atoms with Crippen LogP contribution in [0, 0.1) is 0 Å². The molecule has 0 radical (unpaired) electrons. The number of nitrogens with zero attached hydrogens (tertiary/aromatic N) is 4. The molecule has 0 spiro atoms. The number of fused-ring (bicyclic) bond motifs is 10. The van der Waals surface area contributed by atoms with Crippen molar-refractivity contribution in [2.75, 3.05) is 0 Å². The number of thiophene rings is 1. The molecular weight excluding hydrogens is 581 g/mol. The van der Waals surface area contributed by atoms with Crippen LogP contribution < -0.4 is 0 Å². The largest absolute Gasteiger partial charge is 0.247 e. The molecule has 0 saturated carbocycles. The molecule has 10 rings (SSSR count). The Hall–Kier alpha value is -5.91. The van der Waals surface area contributed by atoms with Crippen LogP contribution in [0.15, 0.2) is 146 Å². The predicted octanol–water partition coefficient (Wildman–Crippen LogP) is 11.0. The monoisotopic (exact) mass is 604 g/mol. The molecule has 0 amide bonds. The third-order valence-corrected chi connectivity index (χ3v) is 10.2. The molecule has 0 bridgehead atoms. The van der Waals surface area contributed by atoms with E-state index in [-0.39, 0.29) is 0 Å². The number of hydrogen-bond acceptors (Lipinski definition) is 4. The zero-order valence-corrected chi connectivity index (χ0v) is 25.4. The van der Waals surface area contributed by atoms with Crippen molar-refractivity contribution >= 4 is 69.6 Å². The first-order valence-electron chi connectivity index (χ1n) is 15.4. The minimum absolute atomic E-state index is 0.801. The lowest BCUT2D eigenvalue weighted by atomic mass is 9.97. The standard InChI is InChI=1S/C41H24N4S/c1-2-11-25(12-3-1)35-24-36-30-16-4-7-18-33(30)43-41(45(36)44-35)27-14-10-13-26(23-27)39-32-22-21-29-28-15-6-9-20-37(28)46-40(29)38(32)31-17-5-8-19-34(31)42-39/h1-24H. The first kappa shape index (κ1) is 25.4. The summed E-state index contributed by atoms with van der Waals surface area (Å²) in [7, 11) is 0. The van der Waals surface area contributed by atoms with Gasteiger partial charge in [-0.15, -0.1) is 11.3 Å². The minimum Gasteiger partial charge on any atom is -0.247 e. The van der Waals surface area contributed by atoms with Crippen LogP contribution in [0.1, 0.15) is 0 Å². The van der Waals surface area contributed by atoms with Gasteiger partial charge in [0.2, 0.25) is 0 Å². The van der Waals surface area contributed by atoms with Crippen molar-refractivity contribution in [3.63, 3.8) is 0 Å². The van der Waals surface area contributed by atoms with E-state index in [4.69, 9.17) is 15.1 Å². The van der Waals surface area contributed by atoms with Gasteiger partial charge < -0.3 is 0 Å². The molecule has 4 nitrogen and oxygen atoms in total. The molecule has 46 heavy (non-hydrogen) atoms. The molecule has 5 heteroatoms. The summed E-state index contributed by atoms with van der Waals surface area (Å²) in [4.78, 5) is 10.5. The molecule has 0 unspecified atom stereocenters. The molecule has 0 N–H and O–H groups in total. The lowest BCUT2D eigenvalue weighted by Gasteiger charge is -2.13. The van der Waals surface area contributed by atoms with Gasteiger partial charge in [0.05, 0.1) is 27.9 Å². The Morgan fingerprint density at radius 3 is 2.02 bits per heavy atom. The zero-order valence-electron chi connectivity index (χ0n) is 24.6. The van der Waals surface area contributed by atoms with E-state index >= 15 is 0 Å². The molecule has 4 heterocycles. The Morgan fingerprint density at radius 1 is 0.478 bits per heavy atom. The fraction of sp³-hybridized carbons (Fsp3) is 0. The number of benzene rings is 6. The summed E-state index contributed by atoms with van der Waals surface area (Å²) in [5.41, 5.74) is 7.97. The van der Waals surface area contributed by atoms with Crippen molar-refractivity contribution in [1.82, 2.24) is 19.6 Å². The molecule has 0 aliphatic heterocycles. The molecule has 0 aliphatic carbocycles. The van der Waals surface area contributed by atoms with Crippen LogP contribution >= 0.6 is 11.3 Å². The number of para-hydroxylation sites is 2. The van der Waals surface area contributed by atoms with Gasteiger partial charge in [-0.1, -0.05) is 115 Å². The van der Waals surface area contributed by atoms with E-state index < -0.39 is 0 Å². The quantitative estimate of drug-likeness (QED) is 0.188. The van der Waals surface area contributed by atoms with Gasteiger partial charge in [0.25, 0.3) is 0 Å². The molecule has 6 aromatic carbocycles. The SMILES string of the molecule is c1ccc(-c2cc3c4ccccc4nc(-c4cccc(-c5nc6ccccc6c6c5ccc5c7ccccc7sc56)c4)n3n2)cc1. The number of pyridine rings is 1. The Labute approximate surface area is 267 Å². The highest BCUT2D eigenvalue weighted by Crippen LogP contribution is 2.43. The van der Waals surface area contributed by atoms with Gasteiger partial charge in [-0.2, -0.15) is 5.10 Å². The second kappa shape index (κ2) is 9.80. The van der Waals surface area contributed by atoms with Gasteiger partial charge >= 0.3 is 0 Å². The number of aromatic nitrogens is 4. The molecule has 0 saturated heterocycles. The second-order valence-electron chi connectivity index (χ2n) is 11.7. The summed E-state index contributed by atoms with van der Waals surface area (Å²) in [5, 5.41) is 12.4. The van der Waals surface area contributed by atoms with E-state index in [0.717, 1.165) is 61.2 Å². The average molecular weight is 605 g/mol. The van der Waals surface area contributed by atoms with Gasteiger partial charge in [-0.05, 0) is 30.3 Å².